The van der Waals surface area contributed by atoms with Crippen LogP contribution in [0.15, 0.2) is 30.3 Å². The van der Waals surface area contributed by atoms with E-state index in [2.05, 4.69) is 0 Å². The molecule has 0 aromatic rings. The average Bonchev–Trinajstić information content (AvgIpc) is 2.46. The molecule has 0 saturated carbocycles. The summed E-state index contributed by atoms with van der Waals surface area (Å²) in [6.07, 6.45) is -7.08. The summed E-state index contributed by atoms with van der Waals surface area (Å²) >= 11 is 0. The van der Waals surface area contributed by atoms with Gasteiger partial charge in [-0.2, -0.15) is 13.2 Å². The predicted octanol–water partition coefficient (Wildman–Crippen LogP) is 4.00. The third-order valence-electron chi connectivity index (χ3n) is 3.07. The number of hydrogen-bond acceptors (Lipinski definition) is 1. The second kappa shape index (κ2) is 4.28. The van der Waals surface area contributed by atoms with Gasteiger partial charge in [0, 0.05) is 0 Å². The molecule has 2 rings (SSSR count). The molecule has 0 saturated heterocycles. The van der Waals surface area contributed by atoms with Crippen molar-refractivity contribution in [2.45, 2.75) is 26.1 Å². The molecule has 0 heterocycles. The number of aryl methyl sites for hydroxylation is 2. The summed E-state index contributed by atoms with van der Waals surface area (Å²) in [7, 11) is 0. The fourth-order valence-electron chi connectivity index (χ4n) is 2.22. The standard InChI is InChI=1S/C14H13F3O/c1-8-5-3-4-6-10-9(2)7-11(12(8)10)13(18)14(15,16)17/h3-7,13,18H,1-2H3/t13-/m1/s1. The lowest BCUT2D eigenvalue weighted by Crippen LogP contribution is -2.20. The highest BCUT2D eigenvalue weighted by Crippen LogP contribution is 2.42. The number of alkyl halides is 3. The van der Waals surface area contributed by atoms with Gasteiger partial charge in [-0.05, 0) is 41.7 Å². The van der Waals surface area contributed by atoms with E-state index in [1.807, 2.05) is 0 Å². The van der Waals surface area contributed by atoms with Gasteiger partial charge in [-0.1, -0.05) is 30.3 Å². The van der Waals surface area contributed by atoms with Crippen LogP contribution in [0.25, 0.3) is 11.1 Å². The highest BCUT2D eigenvalue weighted by atomic mass is 19.4. The van der Waals surface area contributed by atoms with E-state index in [0.717, 1.165) is 16.7 Å². The molecule has 0 bridgehead atoms. The van der Waals surface area contributed by atoms with Crippen LogP contribution in [0.3, 0.4) is 0 Å². The van der Waals surface area contributed by atoms with Crippen LogP contribution < -0.4 is 0 Å². The maximum absolute atomic E-state index is 12.6. The largest absolute Gasteiger partial charge is 0.418 e. The lowest BCUT2D eigenvalue weighted by atomic mass is 10.0. The van der Waals surface area contributed by atoms with Crippen molar-refractivity contribution in [3.8, 4) is 11.1 Å². The summed E-state index contributed by atoms with van der Waals surface area (Å²) in [4.78, 5) is 0. The van der Waals surface area contributed by atoms with E-state index < -0.39 is 12.3 Å². The first-order chi connectivity index (χ1) is 8.32. The number of hydrogen-bond donors (Lipinski definition) is 1. The molecule has 1 nitrogen and oxygen atoms in total. The Balaban J connectivity index is 2.69. The lowest BCUT2D eigenvalue weighted by Gasteiger charge is -2.15. The highest BCUT2D eigenvalue weighted by Gasteiger charge is 2.41. The normalized spacial score (nSPS) is 13.9. The Morgan fingerprint density at radius 2 is 1.67 bits per heavy atom. The number of aliphatic hydroxyl groups excluding tert-OH is 1. The molecular formula is C14H13F3O. The predicted molar refractivity (Wildman–Crippen MR) is 63.6 cm³/mol. The van der Waals surface area contributed by atoms with Gasteiger partial charge in [-0.25, -0.2) is 0 Å². The Kier molecular flexibility index (Phi) is 3.07. The van der Waals surface area contributed by atoms with Crippen LogP contribution in [0.5, 0.6) is 0 Å². The van der Waals surface area contributed by atoms with Crippen molar-refractivity contribution in [1.29, 1.82) is 0 Å². The van der Waals surface area contributed by atoms with E-state index in [4.69, 9.17) is 0 Å². The zero-order chi connectivity index (χ0) is 13.5. The van der Waals surface area contributed by atoms with Gasteiger partial charge >= 0.3 is 6.18 Å². The summed E-state index contributed by atoms with van der Waals surface area (Å²) in [6.45, 7) is 3.49. The van der Waals surface area contributed by atoms with E-state index in [1.165, 1.54) is 6.07 Å². The van der Waals surface area contributed by atoms with Gasteiger partial charge in [0.15, 0.2) is 6.10 Å². The molecule has 4 heteroatoms. The zero-order valence-electron chi connectivity index (χ0n) is 10.0. The van der Waals surface area contributed by atoms with Crippen LogP contribution in [0.2, 0.25) is 0 Å². The van der Waals surface area contributed by atoms with Crippen molar-refractivity contribution in [2.24, 2.45) is 0 Å². The molecule has 0 fully saturated rings. The number of fused-ring (bicyclic) bond motifs is 1. The molecule has 2 aliphatic rings. The Morgan fingerprint density at radius 3 is 2.28 bits per heavy atom. The van der Waals surface area contributed by atoms with Gasteiger partial charge in [0.05, 0.1) is 0 Å². The lowest BCUT2D eigenvalue weighted by molar-refractivity contribution is -0.206. The molecule has 1 atom stereocenters. The average molecular weight is 254 g/mol. The third-order valence-corrected chi connectivity index (χ3v) is 3.07. The van der Waals surface area contributed by atoms with Crippen LogP contribution >= 0.6 is 0 Å². The van der Waals surface area contributed by atoms with Crippen molar-refractivity contribution >= 4 is 0 Å². The minimum atomic E-state index is -4.64. The minimum absolute atomic E-state index is 0.0660. The van der Waals surface area contributed by atoms with Crippen molar-refractivity contribution in [3.05, 3.63) is 47.0 Å². The maximum atomic E-state index is 12.6. The third kappa shape index (κ3) is 2.08. The van der Waals surface area contributed by atoms with Crippen molar-refractivity contribution in [3.63, 3.8) is 0 Å². The maximum Gasteiger partial charge on any atom is 0.418 e. The monoisotopic (exact) mass is 254 g/mol. The molecule has 18 heavy (non-hydrogen) atoms. The summed E-state index contributed by atoms with van der Waals surface area (Å²) in [5.41, 5.74) is 2.63. The van der Waals surface area contributed by atoms with Gasteiger partial charge < -0.3 is 5.11 Å². The second-order valence-electron chi connectivity index (χ2n) is 4.42. The summed E-state index contributed by atoms with van der Waals surface area (Å²) in [5, 5.41) is 9.45. The second-order valence-corrected chi connectivity index (χ2v) is 4.42. The topological polar surface area (TPSA) is 20.2 Å². The van der Waals surface area contributed by atoms with Crippen molar-refractivity contribution < 1.29 is 18.3 Å². The summed E-state index contributed by atoms with van der Waals surface area (Å²) in [5.74, 6) is 0. The Labute approximate surface area is 103 Å². The first kappa shape index (κ1) is 12.9. The van der Waals surface area contributed by atoms with Crippen molar-refractivity contribution in [1.82, 2.24) is 0 Å². The van der Waals surface area contributed by atoms with Crippen LogP contribution in [-0.4, -0.2) is 11.3 Å². The summed E-state index contributed by atoms with van der Waals surface area (Å²) in [6, 6.07) is 8.49. The molecule has 0 unspecified atom stereocenters. The Hall–Kier alpha value is -1.55. The Bertz CT molecular complexity index is 546. The van der Waals surface area contributed by atoms with E-state index in [1.54, 1.807) is 38.1 Å². The first-order valence-electron chi connectivity index (χ1n) is 5.56. The van der Waals surface area contributed by atoms with E-state index in [9.17, 15) is 18.3 Å². The SMILES string of the molecule is Cc1cc([C@@H](O)C(F)(F)F)c2c(C)ccccc1-2. The number of rotatable bonds is 1. The fourth-order valence-corrected chi connectivity index (χ4v) is 2.22. The molecular weight excluding hydrogens is 241 g/mol. The smallest absolute Gasteiger partial charge is 0.379 e. The van der Waals surface area contributed by atoms with Gasteiger partial charge in [-0.15, -0.1) is 0 Å². The molecule has 0 aromatic carbocycles. The van der Waals surface area contributed by atoms with Crippen LogP contribution in [0, 0.1) is 13.8 Å². The van der Waals surface area contributed by atoms with Crippen molar-refractivity contribution in [2.75, 3.05) is 0 Å². The molecule has 0 radical (unpaired) electrons. The number of halogens is 3. The van der Waals surface area contributed by atoms with Crippen LogP contribution in [0.4, 0.5) is 13.2 Å². The van der Waals surface area contributed by atoms with Crippen LogP contribution in [0.1, 0.15) is 22.8 Å². The zero-order valence-corrected chi connectivity index (χ0v) is 10.0. The minimum Gasteiger partial charge on any atom is -0.379 e. The number of aliphatic hydroxyl groups is 1. The van der Waals surface area contributed by atoms with Crippen LogP contribution in [-0.2, 0) is 0 Å². The summed E-state index contributed by atoms with van der Waals surface area (Å²) < 4.78 is 37.9. The fraction of sp³-hybridized carbons (Fsp3) is 0.286. The molecule has 1 N–H and O–H groups in total. The Morgan fingerprint density at radius 1 is 1.06 bits per heavy atom. The van der Waals surface area contributed by atoms with Gasteiger partial charge in [-0.3, -0.25) is 0 Å². The first-order valence-corrected chi connectivity index (χ1v) is 5.56. The molecule has 2 aliphatic carbocycles. The molecule has 96 valence electrons. The highest BCUT2D eigenvalue weighted by molar-refractivity contribution is 5.77. The van der Waals surface area contributed by atoms with Gasteiger partial charge in [0.2, 0.25) is 0 Å². The molecule has 0 aliphatic heterocycles. The van der Waals surface area contributed by atoms with E-state index in [0.29, 0.717) is 5.56 Å². The molecule has 0 spiro atoms. The van der Waals surface area contributed by atoms with Gasteiger partial charge in [0.1, 0.15) is 0 Å². The quantitative estimate of drug-likeness (QED) is 0.815. The molecule has 0 amide bonds. The molecule has 0 aromatic heterocycles. The van der Waals surface area contributed by atoms with E-state index in [-0.39, 0.29) is 5.56 Å². The van der Waals surface area contributed by atoms with Gasteiger partial charge in [0.25, 0.3) is 0 Å². The van der Waals surface area contributed by atoms with E-state index >= 15 is 0 Å².